The molecule has 0 bridgehead atoms. The smallest absolute Gasteiger partial charge is 0.0715 e. The Labute approximate surface area is 339 Å². The van der Waals surface area contributed by atoms with E-state index in [1.807, 2.05) is 0 Å². The molecule has 0 saturated carbocycles. The maximum atomic E-state index is 5.07. The predicted molar refractivity (Wildman–Crippen MR) is 244 cm³/mol. The summed E-state index contributed by atoms with van der Waals surface area (Å²) in [6.45, 7) is 0. The van der Waals surface area contributed by atoms with Crippen molar-refractivity contribution in [2.24, 2.45) is 0 Å². The van der Waals surface area contributed by atoms with Crippen molar-refractivity contribution in [3.8, 4) is 44.5 Å². The summed E-state index contributed by atoms with van der Waals surface area (Å²) >= 11 is 0. The highest BCUT2D eigenvalue weighted by molar-refractivity contribution is 5.97. The molecule has 0 aliphatic heterocycles. The number of hydrogen-bond donors (Lipinski definition) is 0. The molecule has 1 aromatic heterocycles. The van der Waals surface area contributed by atoms with E-state index >= 15 is 0 Å². The van der Waals surface area contributed by atoms with Crippen LogP contribution >= 0.6 is 0 Å². The van der Waals surface area contributed by atoms with Crippen molar-refractivity contribution in [2.75, 3.05) is 0 Å². The van der Waals surface area contributed by atoms with Crippen LogP contribution in [-0.2, 0) is 5.41 Å². The minimum atomic E-state index is -0.425. The van der Waals surface area contributed by atoms with E-state index in [1.54, 1.807) is 0 Å². The standard InChI is InChI=1S/C57H39N/c1-2-6-16-42(15-5-1)56-38-52(51-22-12-14-24-55(51)58-56)41-29-25-39(26-30-41)43-31-27-40-28-32-44(36-46(40)35-43)45-33-34-50-49-21-11-13-23-53(49)57(54(50)37-45,47-17-7-3-8-18-47)48-19-9-4-10-20-48/h1-15,17-38H,16H2. The summed E-state index contributed by atoms with van der Waals surface area (Å²) in [7, 11) is 0. The summed E-state index contributed by atoms with van der Waals surface area (Å²) in [5.74, 6) is 0. The highest BCUT2D eigenvalue weighted by Gasteiger charge is 2.46. The van der Waals surface area contributed by atoms with Gasteiger partial charge in [-0.1, -0.05) is 194 Å². The van der Waals surface area contributed by atoms with Gasteiger partial charge in [0, 0.05) is 5.39 Å². The Balaban J connectivity index is 0.980. The van der Waals surface area contributed by atoms with E-state index in [0.717, 1.165) is 23.0 Å². The summed E-state index contributed by atoms with van der Waals surface area (Å²) < 4.78 is 0. The molecule has 0 fully saturated rings. The molecule has 0 radical (unpaired) electrons. The number of rotatable bonds is 6. The van der Waals surface area contributed by atoms with Gasteiger partial charge in [0.05, 0.1) is 16.6 Å². The molecule has 11 rings (SSSR count). The number of hydrogen-bond acceptors (Lipinski definition) is 1. The van der Waals surface area contributed by atoms with Gasteiger partial charge < -0.3 is 0 Å². The largest absolute Gasteiger partial charge is 0.248 e. The Bertz CT molecular complexity index is 3070. The molecule has 1 heteroatoms. The van der Waals surface area contributed by atoms with Crippen molar-refractivity contribution in [1.82, 2.24) is 4.98 Å². The van der Waals surface area contributed by atoms with Gasteiger partial charge in [-0.15, -0.1) is 0 Å². The second-order valence-electron chi connectivity index (χ2n) is 15.4. The molecule has 9 aromatic rings. The first-order chi connectivity index (χ1) is 28.7. The molecule has 1 nitrogen and oxygen atoms in total. The van der Waals surface area contributed by atoms with Gasteiger partial charge in [-0.3, -0.25) is 0 Å². The van der Waals surface area contributed by atoms with Crippen LogP contribution in [0.3, 0.4) is 0 Å². The molecule has 0 unspecified atom stereocenters. The molecule has 2 aliphatic rings. The fraction of sp³-hybridized carbons (Fsp3) is 0.0351. The zero-order valence-corrected chi connectivity index (χ0v) is 32.0. The summed E-state index contributed by atoms with van der Waals surface area (Å²) in [4.78, 5) is 5.07. The van der Waals surface area contributed by atoms with Crippen LogP contribution in [0.2, 0.25) is 0 Å². The summed E-state index contributed by atoms with van der Waals surface area (Å²) in [5, 5.41) is 3.62. The third kappa shape index (κ3) is 5.58. The lowest BCUT2D eigenvalue weighted by Crippen LogP contribution is -2.28. The Morgan fingerprint density at radius 1 is 0.397 bits per heavy atom. The average Bonchev–Trinajstić information content (AvgIpc) is 3.39. The number of nitrogens with zero attached hydrogens (tertiary/aromatic N) is 1. The number of pyridine rings is 1. The minimum absolute atomic E-state index is 0.425. The Kier molecular flexibility index (Phi) is 8.19. The molecular formula is C57H39N. The van der Waals surface area contributed by atoms with Crippen LogP contribution in [0.25, 0.3) is 71.8 Å². The molecule has 0 saturated heterocycles. The number of para-hydroxylation sites is 1. The highest BCUT2D eigenvalue weighted by atomic mass is 14.7. The van der Waals surface area contributed by atoms with E-state index in [9.17, 15) is 0 Å². The van der Waals surface area contributed by atoms with Crippen molar-refractivity contribution in [3.63, 3.8) is 0 Å². The monoisotopic (exact) mass is 737 g/mol. The van der Waals surface area contributed by atoms with Gasteiger partial charge >= 0.3 is 0 Å². The van der Waals surface area contributed by atoms with Crippen LogP contribution in [0.1, 0.15) is 34.4 Å². The first kappa shape index (κ1) is 33.9. The molecule has 0 amide bonds. The van der Waals surface area contributed by atoms with E-state index in [1.165, 1.54) is 83.1 Å². The number of allylic oxidation sites excluding steroid dienone is 6. The first-order valence-electron chi connectivity index (χ1n) is 20.2. The molecule has 2 aliphatic carbocycles. The second kappa shape index (κ2) is 14.0. The number of aromatic nitrogens is 1. The van der Waals surface area contributed by atoms with E-state index in [0.29, 0.717) is 0 Å². The van der Waals surface area contributed by atoms with Gasteiger partial charge in [-0.05, 0) is 120 Å². The Morgan fingerprint density at radius 3 is 1.78 bits per heavy atom. The maximum Gasteiger partial charge on any atom is 0.0715 e. The van der Waals surface area contributed by atoms with E-state index in [2.05, 4.69) is 225 Å². The zero-order valence-electron chi connectivity index (χ0n) is 32.0. The van der Waals surface area contributed by atoms with Gasteiger partial charge in [-0.25, -0.2) is 4.98 Å². The lowest BCUT2D eigenvalue weighted by atomic mass is 9.67. The Hall–Kier alpha value is -7.35. The fourth-order valence-corrected chi connectivity index (χ4v) is 9.42. The van der Waals surface area contributed by atoms with Gasteiger partial charge in [0.25, 0.3) is 0 Å². The van der Waals surface area contributed by atoms with Gasteiger partial charge in [0.1, 0.15) is 0 Å². The molecule has 0 atom stereocenters. The molecule has 0 spiro atoms. The van der Waals surface area contributed by atoms with Crippen molar-refractivity contribution < 1.29 is 0 Å². The number of fused-ring (bicyclic) bond motifs is 5. The zero-order chi connectivity index (χ0) is 38.5. The predicted octanol–water partition coefficient (Wildman–Crippen LogP) is 14.7. The van der Waals surface area contributed by atoms with Crippen LogP contribution in [-0.4, -0.2) is 4.98 Å². The SMILES string of the molecule is C1=CC=C(c2cc(-c3ccc(-c4ccc5ccc(-c6ccc7c(c6)C(c6ccccc6)(c6ccccc6)c6ccccc6-7)cc5c4)cc3)c3ccccc3n2)CC=C1. The summed E-state index contributed by atoms with van der Waals surface area (Å²) in [6.07, 6.45) is 11.5. The van der Waals surface area contributed by atoms with Crippen LogP contribution in [0.4, 0.5) is 0 Å². The fourth-order valence-electron chi connectivity index (χ4n) is 9.42. The normalized spacial score (nSPS) is 13.9. The highest BCUT2D eigenvalue weighted by Crippen LogP contribution is 2.56. The lowest BCUT2D eigenvalue weighted by Gasteiger charge is -2.34. The average molecular weight is 738 g/mol. The van der Waals surface area contributed by atoms with E-state index < -0.39 is 5.41 Å². The van der Waals surface area contributed by atoms with Gasteiger partial charge in [-0.2, -0.15) is 0 Å². The summed E-state index contributed by atoms with van der Waals surface area (Å²) in [6, 6.07) is 71.7. The van der Waals surface area contributed by atoms with Crippen LogP contribution in [0, 0.1) is 0 Å². The third-order valence-corrected chi connectivity index (χ3v) is 12.2. The van der Waals surface area contributed by atoms with E-state index in [-0.39, 0.29) is 0 Å². The van der Waals surface area contributed by atoms with Gasteiger partial charge in [0.15, 0.2) is 0 Å². The quantitative estimate of drug-likeness (QED) is 0.166. The summed E-state index contributed by atoms with van der Waals surface area (Å²) in [5.41, 5.74) is 17.9. The molecule has 272 valence electrons. The second-order valence-corrected chi connectivity index (χ2v) is 15.4. The van der Waals surface area contributed by atoms with Crippen molar-refractivity contribution >= 4 is 27.2 Å². The van der Waals surface area contributed by atoms with Crippen LogP contribution < -0.4 is 0 Å². The van der Waals surface area contributed by atoms with Crippen molar-refractivity contribution in [3.05, 3.63) is 252 Å². The molecule has 58 heavy (non-hydrogen) atoms. The van der Waals surface area contributed by atoms with Crippen LogP contribution in [0.5, 0.6) is 0 Å². The number of benzene rings is 8. The first-order valence-corrected chi connectivity index (χ1v) is 20.2. The maximum absolute atomic E-state index is 5.07. The lowest BCUT2D eigenvalue weighted by molar-refractivity contribution is 0.769. The third-order valence-electron chi connectivity index (χ3n) is 12.2. The van der Waals surface area contributed by atoms with Crippen LogP contribution in [0.15, 0.2) is 225 Å². The molecule has 8 aromatic carbocycles. The van der Waals surface area contributed by atoms with Crippen molar-refractivity contribution in [1.29, 1.82) is 0 Å². The molecule has 1 heterocycles. The Morgan fingerprint density at radius 2 is 1.00 bits per heavy atom. The molecule has 0 N–H and O–H groups in total. The van der Waals surface area contributed by atoms with Crippen molar-refractivity contribution in [2.45, 2.75) is 11.8 Å². The molecular weight excluding hydrogens is 699 g/mol. The van der Waals surface area contributed by atoms with E-state index in [4.69, 9.17) is 4.98 Å². The minimum Gasteiger partial charge on any atom is -0.248 e. The topological polar surface area (TPSA) is 12.9 Å². The van der Waals surface area contributed by atoms with Gasteiger partial charge in [0.2, 0.25) is 0 Å².